The number of hydrogen-bond acceptors (Lipinski definition) is 16. The second-order valence-electron chi connectivity index (χ2n) is 10.7. The largest absolute Gasteiger partial charge is 0.465 e. The van der Waals surface area contributed by atoms with Gasteiger partial charge in [0.05, 0.1) is 19.8 Å². The van der Waals surface area contributed by atoms with Crippen molar-refractivity contribution < 1.29 is 76.3 Å². The van der Waals surface area contributed by atoms with Crippen molar-refractivity contribution in [2.45, 2.75) is 77.0 Å². The molecule has 0 aromatic heterocycles. The van der Waals surface area contributed by atoms with Gasteiger partial charge in [-0.25, -0.2) is 24.0 Å². The van der Waals surface area contributed by atoms with Gasteiger partial charge in [0.1, 0.15) is 31.8 Å². The van der Waals surface area contributed by atoms with Crippen molar-refractivity contribution in [2.75, 3.05) is 52.9 Å². The van der Waals surface area contributed by atoms with Crippen LogP contribution in [0.5, 0.6) is 0 Å². The molecular weight excluding hydrogens is 660 g/mol. The molecule has 20 nitrogen and oxygen atoms in total. The average molecular weight is 709 g/mol. The second kappa shape index (κ2) is 27.0. The molecule has 0 aliphatic carbocycles. The SMILES string of the molecule is NC(=O)OCCCCCC(=O)OCC(COC(=O)CCCCCOC(N)=O)(COC(=O)CCCCCOC(N)=O)COC(=O)COC(N)=O. The van der Waals surface area contributed by atoms with Crippen molar-refractivity contribution in [2.24, 2.45) is 28.3 Å². The third kappa shape index (κ3) is 27.8. The van der Waals surface area contributed by atoms with Crippen LogP contribution in [0.3, 0.4) is 0 Å². The first-order valence-corrected chi connectivity index (χ1v) is 15.6. The molecule has 49 heavy (non-hydrogen) atoms. The maximum absolute atomic E-state index is 12.6. The summed E-state index contributed by atoms with van der Waals surface area (Å²) in [5.41, 5.74) is 18.0. The van der Waals surface area contributed by atoms with E-state index in [1.165, 1.54) is 0 Å². The van der Waals surface area contributed by atoms with Crippen LogP contribution in [0.15, 0.2) is 0 Å². The van der Waals surface area contributed by atoms with Crippen LogP contribution in [-0.2, 0) is 57.1 Å². The van der Waals surface area contributed by atoms with Crippen molar-refractivity contribution in [3.8, 4) is 0 Å². The van der Waals surface area contributed by atoms with Gasteiger partial charge in [-0.05, 0) is 57.8 Å². The van der Waals surface area contributed by atoms with Gasteiger partial charge in [-0.1, -0.05) is 0 Å². The fraction of sp³-hybridized carbons (Fsp3) is 0.724. The van der Waals surface area contributed by atoms with E-state index < -0.39 is 86.7 Å². The van der Waals surface area contributed by atoms with Crippen LogP contribution in [0.1, 0.15) is 77.0 Å². The number of nitrogens with two attached hydrogens (primary N) is 4. The predicted molar refractivity (Wildman–Crippen MR) is 164 cm³/mol. The smallest absolute Gasteiger partial charge is 0.405 e. The summed E-state index contributed by atoms with van der Waals surface area (Å²) in [4.78, 5) is 92.8. The minimum absolute atomic E-state index is 0.0442. The lowest BCUT2D eigenvalue weighted by Gasteiger charge is -2.31. The number of rotatable bonds is 28. The summed E-state index contributed by atoms with van der Waals surface area (Å²) in [7, 11) is 0. The molecule has 8 N–H and O–H groups in total. The fourth-order valence-electron chi connectivity index (χ4n) is 3.74. The first-order chi connectivity index (χ1) is 23.2. The molecule has 0 heterocycles. The van der Waals surface area contributed by atoms with Gasteiger partial charge in [0.25, 0.3) is 0 Å². The average Bonchev–Trinajstić information content (AvgIpc) is 3.03. The molecule has 0 saturated heterocycles. The second-order valence-corrected chi connectivity index (χ2v) is 10.7. The summed E-state index contributed by atoms with van der Waals surface area (Å²) in [6.45, 7) is -2.75. The van der Waals surface area contributed by atoms with Gasteiger partial charge in [-0.2, -0.15) is 0 Å². The topological polar surface area (TPSA) is 314 Å². The normalized spacial score (nSPS) is 10.6. The highest BCUT2D eigenvalue weighted by atomic mass is 16.6. The van der Waals surface area contributed by atoms with Crippen molar-refractivity contribution in [3.63, 3.8) is 0 Å². The standard InChI is InChI=1S/C29H48N4O16/c30-25(38)42-13-7-1-4-10-21(34)46-17-29(20-49-24(37)16-45-28(33)41,18-47-22(35)11-5-2-8-14-43-26(31)39)19-48-23(36)12-6-3-9-15-44-27(32)40/h1-20H2,(H2,30,38)(H2,31,39)(H2,32,40)(H2,33,41). The number of amides is 4. The number of carbonyl (C=O) groups is 8. The van der Waals surface area contributed by atoms with E-state index in [9.17, 15) is 38.4 Å². The summed E-state index contributed by atoms with van der Waals surface area (Å²) in [5, 5.41) is 0. The molecule has 0 aromatic carbocycles. The molecule has 0 rings (SSSR count). The van der Waals surface area contributed by atoms with Crippen LogP contribution in [0, 0.1) is 5.41 Å². The highest BCUT2D eigenvalue weighted by molar-refractivity contribution is 5.75. The van der Waals surface area contributed by atoms with Gasteiger partial charge in [-0.3, -0.25) is 14.4 Å². The molecule has 0 saturated carbocycles. The zero-order chi connectivity index (χ0) is 36.9. The van der Waals surface area contributed by atoms with Gasteiger partial charge >= 0.3 is 48.3 Å². The summed E-state index contributed by atoms with van der Waals surface area (Å²) in [6.07, 6.45) is -0.142. The van der Waals surface area contributed by atoms with E-state index in [2.05, 4.69) is 18.9 Å². The number of hydrogen-bond donors (Lipinski definition) is 4. The van der Waals surface area contributed by atoms with E-state index in [-0.39, 0.29) is 39.1 Å². The summed E-state index contributed by atoms with van der Waals surface area (Å²) < 4.78 is 39.7. The number of carbonyl (C=O) groups excluding carboxylic acids is 8. The molecule has 0 spiro atoms. The van der Waals surface area contributed by atoms with E-state index >= 15 is 0 Å². The Hall–Kier alpha value is -5.04. The molecule has 0 fully saturated rings. The Morgan fingerprint density at radius 3 is 0.918 bits per heavy atom. The third-order valence-corrected chi connectivity index (χ3v) is 6.30. The van der Waals surface area contributed by atoms with Crippen LogP contribution < -0.4 is 22.9 Å². The van der Waals surface area contributed by atoms with Gasteiger partial charge in [0, 0.05) is 19.3 Å². The van der Waals surface area contributed by atoms with E-state index in [0.29, 0.717) is 57.8 Å². The van der Waals surface area contributed by atoms with Gasteiger partial charge < -0.3 is 60.8 Å². The van der Waals surface area contributed by atoms with Crippen molar-refractivity contribution in [3.05, 3.63) is 0 Å². The van der Waals surface area contributed by atoms with Gasteiger partial charge in [-0.15, -0.1) is 0 Å². The van der Waals surface area contributed by atoms with Crippen LogP contribution in [-0.4, -0.2) is 101 Å². The quantitative estimate of drug-likeness (QED) is 0.0504. The minimum atomic E-state index is -1.58. The van der Waals surface area contributed by atoms with Crippen molar-refractivity contribution >= 4 is 48.3 Å². The molecule has 20 heteroatoms. The number of ether oxygens (including phenoxy) is 8. The first-order valence-electron chi connectivity index (χ1n) is 15.6. The Balaban J connectivity index is 5.50. The Kier molecular flexibility index (Phi) is 24.2. The molecule has 0 aromatic rings. The monoisotopic (exact) mass is 708 g/mol. The van der Waals surface area contributed by atoms with Crippen LogP contribution in [0.2, 0.25) is 0 Å². The summed E-state index contributed by atoms with van der Waals surface area (Å²) in [5.74, 6) is -3.05. The van der Waals surface area contributed by atoms with Crippen LogP contribution >= 0.6 is 0 Å². The predicted octanol–water partition coefficient (Wildman–Crippen LogP) is 1.21. The molecule has 0 atom stereocenters. The van der Waals surface area contributed by atoms with Crippen LogP contribution in [0.25, 0.3) is 0 Å². The van der Waals surface area contributed by atoms with Gasteiger partial charge in [0.2, 0.25) is 0 Å². The Morgan fingerprint density at radius 2 is 0.633 bits per heavy atom. The minimum Gasteiger partial charge on any atom is -0.465 e. The Labute approximate surface area is 283 Å². The number of unbranched alkanes of at least 4 members (excludes halogenated alkanes) is 6. The highest BCUT2D eigenvalue weighted by Gasteiger charge is 2.38. The lowest BCUT2D eigenvalue weighted by molar-refractivity contribution is -0.171. The Morgan fingerprint density at radius 1 is 0.347 bits per heavy atom. The molecule has 0 aliphatic rings. The van der Waals surface area contributed by atoms with Crippen molar-refractivity contribution in [1.82, 2.24) is 0 Å². The van der Waals surface area contributed by atoms with E-state index in [4.69, 9.17) is 41.9 Å². The molecule has 0 unspecified atom stereocenters. The summed E-state index contributed by atoms with van der Waals surface area (Å²) in [6, 6.07) is 0. The zero-order valence-corrected chi connectivity index (χ0v) is 27.5. The molecule has 0 radical (unpaired) electrons. The lowest BCUT2D eigenvalue weighted by Crippen LogP contribution is -2.44. The molecule has 280 valence electrons. The maximum atomic E-state index is 12.6. The summed E-state index contributed by atoms with van der Waals surface area (Å²) >= 11 is 0. The van der Waals surface area contributed by atoms with Crippen molar-refractivity contribution in [1.29, 1.82) is 0 Å². The molecular formula is C29H48N4O16. The maximum Gasteiger partial charge on any atom is 0.405 e. The molecule has 4 amide bonds. The number of esters is 4. The fourth-order valence-corrected chi connectivity index (χ4v) is 3.74. The highest BCUT2D eigenvalue weighted by Crippen LogP contribution is 2.23. The first kappa shape index (κ1) is 44.0. The number of primary amides is 4. The van der Waals surface area contributed by atoms with E-state index in [0.717, 1.165) is 0 Å². The molecule has 0 aliphatic heterocycles. The van der Waals surface area contributed by atoms with Gasteiger partial charge in [0.15, 0.2) is 6.61 Å². The lowest BCUT2D eigenvalue weighted by atomic mass is 9.92. The molecule has 0 bridgehead atoms. The zero-order valence-electron chi connectivity index (χ0n) is 27.5. The Bertz CT molecular complexity index is 968. The van der Waals surface area contributed by atoms with E-state index in [1.807, 2.05) is 0 Å². The third-order valence-electron chi connectivity index (χ3n) is 6.30. The van der Waals surface area contributed by atoms with E-state index in [1.54, 1.807) is 0 Å². The van der Waals surface area contributed by atoms with Crippen LogP contribution in [0.4, 0.5) is 19.2 Å².